The molecule has 29 heavy (non-hydrogen) atoms. The van der Waals surface area contributed by atoms with Crippen LogP contribution in [0.15, 0.2) is 72.8 Å². The Labute approximate surface area is 174 Å². The molecule has 5 heteroatoms. The van der Waals surface area contributed by atoms with E-state index in [0.717, 1.165) is 16.7 Å². The highest BCUT2D eigenvalue weighted by Gasteiger charge is 2.14. The van der Waals surface area contributed by atoms with Gasteiger partial charge in [-0.2, -0.15) is 0 Å². The lowest BCUT2D eigenvalue weighted by Gasteiger charge is -2.15. The van der Waals surface area contributed by atoms with E-state index in [-0.39, 0.29) is 17.5 Å². The van der Waals surface area contributed by atoms with Crippen LogP contribution in [-0.4, -0.2) is 17.0 Å². The zero-order valence-electron chi connectivity index (χ0n) is 15.8. The Bertz CT molecular complexity index is 1040. The Morgan fingerprint density at radius 3 is 2.24 bits per heavy atom. The molecule has 3 aromatic carbocycles. The molecule has 3 rings (SSSR count). The first-order valence-electron chi connectivity index (χ1n) is 9.11. The summed E-state index contributed by atoms with van der Waals surface area (Å²) in [6.07, 6.45) is 3.82. The molecular formula is C24H20ClNO3. The summed E-state index contributed by atoms with van der Waals surface area (Å²) in [6.45, 7) is 1.86. The van der Waals surface area contributed by atoms with Gasteiger partial charge < -0.3 is 10.4 Å². The minimum Gasteiger partial charge on any atom is -0.478 e. The Kier molecular flexibility index (Phi) is 6.47. The van der Waals surface area contributed by atoms with Gasteiger partial charge in [0.05, 0.1) is 11.6 Å². The number of rotatable bonds is 6. The number of hydrogen-bond acceptors (Lipinski definition) is 2. The summed E-state index contributed by atoms with van der Waals surface area (Å²) in [7, 11) is 0. The number of amides is 1. The number of nitrogens with one attached hydrogen (secondary N) is 1. The molecule has 0 aliphatic carbocycles. The summed E-state index contributed by atoms with van der Waals surface area (Å²) in [4.78, 5) is 23.8. The van der Waals surface area contributed by atoms with E-state index in [1.54, 1.807) is 18.2 Å². The second-order valence-electron chi connectivity index (χ2n) is 6.59. The van der Waals surface area contributed by atoms with Gasteiger partial charge in [0.15, 0.2) is 0 Å². The van der Waals surface area contributed by atoms with Crippen molar-refractivity contribution in [2.75, 3.05) is 0 Å². The van der Waals surface area contributed by atoms with Crippen LogP contribution in [0.1, 0.15) is 50.4 Å². The zero-order chi connectivity index (χ0) is 20.8. The van der Waals surface area contributed by atoms with Crippen LogP contribution in [0.4, 0.5) is 0 Å². The molecule has 4 nitrogen and oxygen atoms in total. The number of carbonyl (C=O) groups is 2. The van der Waals surface area contributed by atoms with Crippen LogP contribution < -0.4 is 5.32 Å². The van der Waals surface area contributed by atoms with E-state index in [2.05, 4.69) is 5.32 Å². The highest BCUT2D eigenvalue weighted by atomic mass is 35.5. The summed E-state index contributed by atoms with van der Waals surface area (Å²) < 4.78 is 0. The molecule has 1 atom stereocenters. The van der Waals surface area contributed by atoms with Crippen molar-refractivity contribution in [2.45, 2.75) is 13.0 Å². The number of carbonyl (C=O) groups excluding carboxylic acids is 1. The Morgan fingerprint density at radius 1 is 0.931 bits per heavy atom. The summed E-state index contributed by atoms with van der Waals surface area (Å²) in [5, 5.41) is 12.6. The van der Waals surface area contributed by atoms with Gasteiger partial charge in [-0.25, -0.2) is 4.79 Å². The van der Waals surface area contributed by atoms with Gasteiger partial charge in [0, 0.05) is 10.6 Å². The quantitative estimate of drug-likeness (QED) is 0.517. The van der Waals surface area contributed by atoms with Crippen molar-refractivity contribution < 1.29 is 14.7 Å². The topological polar surface area (TPSA) is 66.4 Å². The first-order valence-corrected chi connectivity index (χ1v) is 9.48. The van der Waals surface area contributed by atoms with Crippen LogP contribution in [0, 0.1) is 0 Å². The van der Waals surface area contributed by atoms with Crippen LogP contribution in [0.5, 0.6) is 0 Å². The molecule has 0 aromatic heterocycles. The van der Waals surface area contributed by atoms with E-state index in [1.165, 1.54) is 12.1 Å². The molecule has 0 heterocycles. The number of carboxylic acids is 1. The van der Waals surface area contributed by atoms with Crippen molar-refractivity contribution >= 4 is 35.6 Å². The maximum Gasteiger partial charge on any atom is 0.335 e. The molecular weight excluding hydrogens is 386 g/mol. The second kappa shape index (κ2) is 9.22. The molecule has 0 saturated carbocycles. The van der Waals surface area contributed by atoms with Gasteiger partial charge >= 0.3 is 5.97 Å². The van der Waals surface area contributed by atoms with Crippen LogP contribution in [-0.2, 0) is 0 Å². The summed E-state index contributed by atoms with van der Waals surface area (Å²) in [6, 6.07) is 21.0. The van der Waals surface area contributed by atoms with E-state index < -0.39 is 5.97 Å². The first kappa shape index (κ1) is 20.4. The molecule has 146 valence electrons. The predicted octanol–water partition coefficient (Wildman–Crippen LogP) is 5.70. The normalized spacial score (nSPS) is 11.9. The summed E-state index contributed by atoms with van der Waals surface area (Å²) in [5.74, 6) is -1.18. The van der Waals surface area contributed by atoms with Gasteiger partial charge in [-0.05, 0) is 53.9 Å². The van der Waals surface area contributed by atoms with Gasteiger partial charge in [0.2, 0.25) is 0 Å². The lowest BCUT2D eigenvalue weighted by Crippen LogP contribution is -2.27. The second-order valence-corrected chi connectivity index (χ2v) is 7.03. The molecule has 1 amide bonds. The molecule has 0 saturated heterocycles. The third kappa shape index (κ3) is 5.33. The fourth-order valence-electron chi connectivity index (χ4n) is 2.88. The van der Waals surface area contributed by atoms with Crippen molar-refractivity contribution in [3.63, 3.8) is 0 Å². The molecule has 2 N–H and O–H groups in total. The molecule has 0 radical (unpaired) electrons. The Hall–Kier alpha value is -3.37. The maximum atomic E-state index is 12.8. The van der Waals surface area contributed by atoms with Gasteiger partial charge in [0.1, 0.15) is 0 Å². The van der Waals surface area contributed by atoms with Crippen LogP contribution in [0.3, 0.4) is 0 Å². The van der Waals surface area contributed by atoms with Crippen molar-refractivity contribution in [3.8, 4) is 0 Å². The number of carboxylic acid groups (broad SMARTS) is 1. The van der Waals surface area contributed by atoms with Crippen LogP contribution in [0.2, 0.25) is 5.02 Å². The smallest absolute Gasteiger partial charge is 0.335 e. The van der Waals surface area contributed by atoms with Crippen molar-refractivity contribution in [2.24, 2.45) is 0 Å². The van der Waals surface area contributed by atoms with Crippen molar-refractivity contribution in [1.82, 2.24) is 5.32 Å². The standard InChI is InChI=1S/C24H20ClNO3/c1-16(18-10-12-20(13-11-18)24(28)29)26-23(27)22-5-3-2-4-19(22)9-6-17-7-14-21(25)15-8-17/h2-16H,1H3,(H,26,27)(H,28,29)/b9-6+/t16-/m0/s1. The average molecular weight is 406 g/mol. The third-order valence-corrected chi connectivity index (χ3v) is 4.79. The summed E-state index contributed by atoms with van der Waals surface area (Å²) in [5.41, 5.74) is 3.39. The van der Waals surface area contributed by atoms with E-state index in [0.29, 0.717) is 10.6 Å². The minimum absolute atomic E-state index is 0.198. The number of halogens is 1. The van der Waals surface area contributed by atoms with Crippen molar-refractivity contribution in [1.29, 1.82) is 0 Å². The lowest BCUT2D eigenvalue weighted by molar-refractivity contribution is 0.0696. The Morgan fingerprint density at radius 2 is 1.59 bits per heavy atom. The summed E-state index contributed by atoms with van der Waals surface area (Å²) >= 11 is 5.91. The fraction of sp³-hybridized carbons (Fsp3) is 0.0833. The van der Waals surface area contributed by atoms with E-state index in [1.807, 2.05) is 61.5 Å². The minimum atomic E-state index is -0.977. The van der Waals surface area contributed by atoms with Crippen LogP contribution in [0.25, 0.3) is 12.2 Å². The highest BCUT2D eigenvalue weighted by molar-refractivity contribution is 6.30. The van der Waals surface area contributed by atoms with E-state index in [4.69, 9.17) is 16.7 Å². The maximum absolute atomic E-state index is 12.8. The number of aromatic carboxylic acids is 1. The highest BCUT2D eigenvalue weighted by Crippen LogP contribution is 2.18. The largest absolute Gasteiger partial charge is 0.478 e. The van der Waals surface area contributed by atoms with E-state index in [9.17, 15) is 9.59 Å². The van der Waals surface area contributed by atoms with Gasteiger partial charge in [-0.15, -0.1) is 0 Å². The van der Waals surface area contributed by atoms with Gasteiger partial charge in [-0.1, -0.05) is 66.2 Å². The van der Waals surface area contributed by atoms with Gasteiger partial charge in [-0.3, -0.25) is 4.79 Å². The molecule has 0 fully saturated rings. The first-order chi connectivity index (χ1) is 13.9. The SMILES string of the molecule is C[C@H](NC(=O)c1ccccc1/C=C/c1ccc(Cl)cc1)c1ccc(C(=O)O)cc1. The van der Waals surface area contributed by atoms with Crippen LogP contribution >= 0.6 is 11.6 Å². The number of benzene rings is 3. The lowest BCUT2D eigenvalue weighted by atomic mass is 10.0. The van der Waals surface area contributed by atoms with Gasteiger partial charge in [0.25, 0.3) is 5.91 Å². The Balaban J connectivity index is 1.75. The monoisotopic (exact) mass is 405 g/mol. The third-order valence-electron chi connectivity index (χ3n) is 4.54. The predicted molar refractivity (Wildman–Crippen MR) is 116 cm³/mol. The average Bonchev–Trinajstić information content (AvgIpc) is 2.73. The molecule has 0 aliphatic heterocycles. The fourth-order valence-corrected chi connectivity index (χ4v) is 3.01. The number of hydrogen-bond donors (Lipinski definition) is 2. The molecule has 3 aromatic rings. The van der Waals surface area contributed by atoms with E-state index >= 15 is 0 Å². The molecule has 0 aliphatic rings. The molecule has 0 bridgehead atoms. The molecule has 0 unspecified atom stereocenters. The molecule has 0 spiro atoms. The zero-order valence-corrected chi connectivity index (χ0v) is 16.6. The van der Waals surface area contributed by atoms with Crippen molar-refractivity contribution in [3.05, 3.63) is 106 Å².